The highest BCUT2D eigenvalue weighted by atomic mass is 16.1. The van der Waals surface area contributed by atoms with E-state index in [-0.39, 0.29) is 11.6 Å². The molecule has 4 nitrogen and oxygen atoms in total. The molecule has 1 rings (SSSR count). The lowest BCUT2D eigenvalue weighted by Crippen LogP contribution is -2.48. The third-order valence-electron chi connectivity index (χ3n) is 3.43. The van der Waals surface area contributed by atoms with Crippen molar-refractivity contribution in [1.29, 1.82) is 0 Å². The zero-order valence-electron chi connectivity index (χ0n) is 13.0. The smallest absolute Gasteiger partial charge is 0.154 e. The number of nitrogens with one attached hydrogen (secondary N) is 2. The van der Waals surface area contributed by atoms with Crippen LogP contribution in [0.5, 0.6) is 0 Å². The topological polar surface area (TPSA) is 58.2 Å². The van der Waals surface area contributed by atoms with Gasteiger partial charge in [0.1, 0.15) is 0 Å². The summed E-state index contributed by atoms with van der Waals surface area (Å²) in [6.07, 6.45) is 7.80. The van der Waals surface area contributed by atoms with E-state index in [2.05, 4.69) is 10.6 Å². The molecular formula is C16H26N2O2. The zero-order valence-corrected chi connectivity index (χ0v) is 13.0. The largest absolute Gasteiger partial charge is 0.384 e. The van der Waals surface area contributed by atoms with Crippen molar-refractivity contribution in [3.63, 3.8) is 0 Å². The molecule has 0 aromatic carbocycles. The highest BCUT2D eigenvalue weighted by molar-refractivity contribution is 5.88. The molecule has 0 spiro atoms. The molecule has 2 N–H and O–H groups in total. The van der Waals surface area contributed by atoms with E-state index in [0.717, 1.165) is 24.2 Å². The summed E-state index contributed by atoms with van der Waals surface area (Å²) in [7, 11) is 0. The summed E-state index contributed by atoms with van der Waals surface area (Å²) in [4.78, 5) is 22.2. The normalized spacial score (nSPS) is 24.2. The van der Waals surface area contributed by atoms with Gasteiger partial charge in [-0.05, 0) is 52.7 Å². The van der Waals surface area contributed by atoms with Crippen LogP contribution in [0.15, 0.2) is 23.5 Å². The van der Waals surface area contributed by atoms with Gasteiger partial charge in [0.25, 0.3) is 0 Å². The first-order valence-electron chi connectivity index (χ1n) is 7.29. The van der Waals surface area contributed by atoms with Crippen LogP contribution in [0.1, 0.15) is 53.4 Å². The summed E-state index contributed by atoms with van der Waals surface area (Å²) in [6, 6.07) is 0.601. The zero-order chi connectivity index (χ0) is 15.1. The monoisotopic (exact) mass is 278 g/mol. The van der Waals surface area contributed by atoms with Gasteiger partial charge in [-0.15, -0.1) is 0 Å². The minimum atomic E-state index is 0.0583. The molecule has 0 amide bonds. The average molecular weight is 278 g/mol. The van der Waals surface area contributed by atoms with Crippen LogP contribution in [0.4, 0.5) is 0 Å². The molecule has 20 heavy (non-hydrogen) atoms. The van der Waals surface area contributed by atoms with E-state index in [1.165, 1.54) is 12.8 Å². The van der Waals surface area contributed by atoms with Gasteiger partial charge in [-0.2, -0.15) is 0 Å². The van der Waals surface area contributed by atoms with E-state index in [1.807, 2.05) is 13.8 Å². The van der Waals surface area contributed by atoms with Crippen molar-refractivity contribution >= 4 is 11.6 Å². The first-order valence-corrected chi connectivity index (χ1v) is 7.29. The lowest BCUT2D eigenvalue weighted by molar-refractivity contribution is -0.113. The van der Waals surface area contributed by atoms with E-state index < -0.39 is 0 Å². The van der Waals surface area contributed by atoms with E-state index in [9.17, 15) is 9.59 Å². The first kappa shape index (κ1) is 16.5. The lowest BCUT2D eigenvalue weighted by atomic mass is 9.90. The van der Waals surface area contributed by atoms with Gasteiger partial charge in [-0.1, -0.05) is 12.8 Å². The molecule has 0 unspecified atom stereocenters. The Bertz CT molecular complexity index is 384. The van der Waals surface area contributed by atoms with Crippen molar-refractivity contribution in [2.75, 3.05) is 0 Å². The van der Waals surface area contributed by atoms with Gasteiger partial charge >= 0.3 is 0 Å². The molecule has 0 aromatic rings. The molecule has 1 aliphatic carbocycles. The van der Waals surface area contributed by atoms with Gasteiger partial charge in [0.15, 0.2) is 11.6 Å². The molecule has 2 atom stereocenters. The molecule has 112 valence electrons. The molecule has 4 heteroatoms. The molecule has 0 aromatic heterocycles. The van der Waals surface area contributed by atoms with Gasteiger partial charge in [0, 0.05) is 23.5 Å². The highest BCUT2D eigenvalue weighted by Crippen LogP contribution is 2.20. The van der Waals surface area contributed by atoms with Gasteiger partial charge in [-0.3, -0.25) is 9.59 Å². The number of hydrogen-bond acceptors (Lipinski definition) is 4. The minimum Gasteiger partial charge on any atom is -0.384 e. The van der Waals surface area contributed by atoms with Crippen molar-refractivity contribution in [3.05, 3.63) is 23.5 Å². The van der Waals surface area contributed by atoms with E-state index in [0.29, 0.717) is 12.1 Å². The maximum absolute atomic E-state index is 11.1. The van der Waals surface area contributed by atoms with Crippen molar-refractivity contribution < 1.29 is 9.59 Å². The van der Waals surface area contributed by atoms with Crippen LogP contribution >= 0.6 is 0 Å². The van der Waals surface area contributed by atoms with Crippen LogP contribution in [0.2, 0.25) is 0 Å². The van der Waals surface area contributed by atoms with Crippen LogP contribution in [0, 0.1) is 0 Å². The Morgan fingerprint density at radius 2 is 1.15 bits per heavy atom. The standard InChI is InChI=1S/C16H26N2O2/c1-11(9-13(3)19)17-15-7-5-6-8-16(15)18-12(2)10-14(4)20/h9-10,15-18H,5-8H2,1-4H3/b11-9-,12-10-/t15-,16-/m0/s1. The van der Waals surface area contributed by atoms with Crippen molar-refractivity contribution in [1.82, 2.24) is 10.6 Å². The summed E-state index contributed by atoms with van der Waals surface area (Å²) in [5, 5.41) is 6.85. The van der Waals surface area contributed by atoms with Gasteiger partial charge in [0.05, 0.1) is 0 Å². The third-order valence-corrected chi connectivity index (χ3v) is 3.43. The molecule has 1 aliphatic rings. The number of allylic oxidation sites excluding steroid dienone is 4. The fraction of sp³-hybridized carbons (Fsp3) is 0.625. The summed E-state index contributed by atoms with van der Waals surface area (Å²) in [6.45, 7) is 6.96. The molecule has 0 bridgehead atoms. The Hall–Kier alpha value is -1.58. The van der Waals surface area contributed by atoms with Crippen molar-refractivity contribution in [2.24, 2.45) is 0 Å². The fourth-order valence-corrected chi connectivity index (χ4v) is 2.75. The Labute approximate surface area is 121 Å². The maximum Gasteiger partial charge on any atom is 0.154 e. The SMILES string of the molecule is CC(=O)/C=C(/C)N[C@H]1CCCC[C@@H]1N/C(C)=C\C(C)=O. The van der Waals surface area contributed by atoms with E-state index in [1.54, 1.807) is 26.0 Å². The Morgan fingerprint density at radius 3 is 1.45 bits per heavy atom. The summed E-state index contributed by atoms with van der Waals surface area (Å²) < 4.78 is 0. The van der Waals surface area contributed by atoms with Crippen molar-refractivity contribution in [2.45, 2.75) is 65.5 Å². The fourth-order valence-electron chi connectivity index (χ4n) is 2.75. The van der Waals surface area contributed by atoms with Crippen molar-refractivity contribution in [3.8, 4) is 0 Å². The Balaban J connectivity index is 2.67. The number of ketones is 2. The third kappa shape index (κ3) is 6.04. The number of hydrogen-bond donors (Lipinski definition) is 2. The van der Waals surface area contributed by atoms with Crippen LogP contribution in [-0.4, -0.2) is 23.7 Å². The Morgan fingerprint density at radius 1 is 0.800 bits per heavy atom. The Kier molecular flexibility index (Phi) is 6.49. The quantitative estimate of drug-likeness (QED) is 0.733. The minimum absolute atomic E-state index is 0.0583. The summed E-state index contributed by atoms with van der Waals surface area (Å²) >= 11 is 0. The molecule has 0 heterocycles. The van der Waals surface area contributed by atoms with E-state index >= 15 is 0 Å². The van der Waals surface area contributed by atoms with E-state index in [4.69, 9.17) is 0 Å². The van der Waals surface area contributed by atoms with Crippen LogP contribution < -0.4 is 10.6 Å². The highest BCUT2D eigenvalue weighted by Gasteiger charge is 2.24. The lowest BCUT2D eigenvalue weighted by Gasteiger charge is -2.34. The molecule has 0 aliphatic heterocycles. The molecule has 0 saturated heterocycles. The molecule has 1 saturated carbocycles. The van der Waals surface area contributed by atoms with Gasteiger partial charge < -0.3 is 10.6 Å². The number of rotatable bonds is 6. The summed E-state index contributed by atoms with van der Waals surface area (Å²) in [5.41, 5.74) is 1.81. The number of carbonyl (C=O) groups excluding carboxylic acids is 2. The van der Waals surface area contributed by atoms with Gasteiger partial charge in [0.2, 0.25) is 0 Å². The second-order valence-corrected chi connectivity index (χ2v) is 5.66. The molecule has 1 fully saturated rings. The van der Waals surface area contributed by atoms with Gasteiger partial charge in [-0.25, -0.2) is 0 Å². The van der Waals surface area contributed by atoms with Crippen LogP contribution in [0.25, 0.3) is 0 Å². The predicted molar refractivity (Wildman–Crippen MR) is 81.2 cm³/mol. The first-order chi connectivity index (χ1) is 9.38. The second kappa shape index (κ2) is 7.88. The van der Waals surface area contributed by atoms with Crippen LogP contribution in [-0.2, 0) is 9.59 Å². The maximum atomic E-state index is 11.1. The molecular weight excluding hydrogens is 252 g/mol. The summed E-state index contributed by atoms with van der Waals surface area (Å²) in [5.74, 6) is 0.117. The average Bonchev–Trinajstić information content (AvgIpc) is 2.29. The predicted octanol–water partition coefficient (Wildman–Crippen LogP) is 2.46. The number of carbonyl (C=O) groups is 2. The second-order valence-electron chi connectivity index (χ2n) is 5.66. The molecule has 0 radical (unpaired) electrons. The van der Waals surface area contributed by atoms with Crippen LogP contribution in [0.3, 0.4) is 0 Å².